The average Bonchev–Trinajstić information content (AvgIpc) is 3.58. The van der Waals surface area contributed by atoms with Gasteiger partial charge >= 0.3 is 0 Å². The number of ether oxygens (including phenoxy) is 1. The van der Waals surface area contributed by atoms with Crippen molar-refractivity contribution < 1.29 is 18.7 Å². The van der Waals surface area contributed by atoms with Crippen LogP contribution in [0.25, 0.3) is 10.2 Å². The minimum atomic E-state index is -0.139. The lowest BCUT2D eigenvalue weighted by Crippen LogP contribution is -2.55. The van der Waals surface area contributed by atoms with Gasteiger partial charge in [0.05, 0.1) is 19.9 Å². The Bertz CT molecular complexity index is 1290. The third-order valence-electron chi connectivity index (χ3n) is 6.15. The highest BCUT2D eigenvalue weighted by atomic mass is 32.1. The number of thiophene rings is 1. The number of furan rings is 1. The zero-order valence-electron chi connectivity index (χ0n) is 18.6. The van der Waals surface area contributed by atoms with Crippen LogP contribution in [0.4, 0.5) is 0 Å². The Morgan fingerprint density at radius 1 is 1.12 bits per heavy atom. The molecule has 170 valence electrons. The van der Waals surface area contributed by atoms with E-state index in [9.17, 15) is 9.59 Å². The minimum absolute atomic E-state index is 0.0229. The first-order valence-electron chi connectivity index (χ1n) is 10.9. The van der Waals surface area contributed by atoms with Crippen molar-refractivity contribution in [2.75, 3.05) is 26.7 Å². The van der Waals surface area contributed by atoms with E-state index in [0.29, 0.717) is 37.6 Å². The Balaban J connectivity index is 1.40. The predicted octanol–water partition coefficient (Wildman–Crippen LogP) is 4.34. The Morgan fingerprint density at radius 3 is 2.73 bits per heavy atom. The molecule has 1 aromatic carbocycles. The van der Waals surface area contributed by atoms with Crippen LogP contribution in [-0.4, -0.2) is 59.0 Å². The fraction of sp³-hybridized carbons (Fsp3) is 0.280. The first-order valence-corrected chi connectivity index (χ1v) is 11.8. The maximum atomic E-state index is 13.6. The molecule has 0 bridgehead atoms. The number of fused-ring (bicyclic) bond motifs is 1. The summed E-state index contributed by atoms with van der Waals surface area (Å²) in [6.45, 7) is 3.92. The summed E-state index contributed by atoms with van der Waals surface area (Å²) in [6, 6.07) is 15.1. The lowest BCUT2D eigenvalue weighted by Gasteiger charge is -2.39. The molecule has 1 saturated heterocycles. The van der Waals surface area contributed by atoms with E-state index >= 15 is 0 Å². The van der Waals surface area contributed by atoms with Crippen LogP contribution in [0.5, 0.6) is 5.75 Å². The molecule has 0 N–H and O–H groups in total. The van der Waals surface area contributed by atoms with Gasteiger partial charge in [-0.1, -0.05) is 18.2 Å². The highest BCUT2D eigenvalue weighted by molar-refractivity contribution is 7.16. The SMILES string of the molecule is COc1ccccc1Cn1c(C(=O)N2CCN(C(=O)c3ccco3)[C@H](C)C2)cc2ccsc21. The van der Waals surface area contributed by atoms with Crippen LogP contribution in [0.2, 0.25) is 0 Å². The summed E-state index contributed by atoms with van der Waals surface area (Å²) in [4.78, 5) is 31.0. The van der Waals surface area contributed by atoms with Crippen LogP contribution in [0, 0.1) is 0 Å². The zero-order chi connectivity index (χ0) is 22.9. The third-order valence-corrected chi connectivity index (χ3v) is 7.10. The van der Waals surface area contributed by atoms with Gasteiger partial charge < -0.3 is 23.5 Å². The van der Waals surface area contributed by atoms with Crippen LogP contribution in [0.15, 0.2) is 64.6 Å². The standard InChI is InChI=1S/C25H25N3O4S/c1-17-15-26(10-11-27(17)24(30)22-8-5-12-32-22)23(29)20-14-18-9-13-33-25(18)28(20)16-19-6-3-4-7-21(19)31-2/h3-9,12-14,17H,10-11,15-16H2,1-2H3/t17-/m1/s1. The quantitative estimate of drug-likeness (QED) is 0.442. The van der Waals surface area contributed by atoms with Crippen LogP contribution in [0.1, 0.15) is 33.5 Å². The summed E-state index contributed by atoms with van der Waals surface area (Å²) < 4.78 is 12.9. The second-order valence-electron chi connectivity index (χ2n) is 8.18. The number of methoxy groups -OCH3 is 1. The molecule has 7 nitrogen and oxygen atoms in total. The van der Waals surface area contributed by atoms with Crippen LogP contribution in [0.3, 0.4) is 0 Å². The number of hydrogen-bond acceptors (Lipinski definition) is 5. The lowest BCUT2D eigenvalue weighted by atomic mass is 10.1. The van der Waals surface area contributed by atoms with E-state index in [-0.39, 0.29) is 17.9 Å². The summed E-state index contributed by atoms with van der Waals surface area (Å²) in [6.07, 6.45) is 1.50. The molecule has 1 aliphatic heterocycles. The third kappa shape index (κ3) is 3.91. The van der Waals surface area contributed by atoms with Gasteiger partial charge in [-0.15, -0.1) is 11.3 Å². The molecule has 4 heterocycles. The number of carbonyl (C=O) groups is 2. The minimum Gasteiger partial charge on any atom is -0.496 e. The Hall–Kier alpha value is -3.52. The summed E-state index contributed by atoms with van der Waals surface area (Å²) in [5.74, 6) is 0.963. The summed E-state index contributed by atoms with van der Waals surface area (Å²) in [5.41, 5.74) is 1.67. The molecular weight excluding hydrogens is 438 g/mol. The van der Waals surface area contributed by atoms with E-state index in [1.54, 1.807) is 35.5 Å². The van der Waals surface area contributed by atoms with Crippen molar-refractivity contribution >= 4 is 33.4 Å². The highest BCUT2D eigenvalue weighted by Gasteiger charge is 2.33. The average molecular weight is 464 g/mol. The molecule has 33 heavy (non-hydrogen) atoms. The molecule has 1 aliphatic rings. The molecule has 3 aromatic heterocycles. The lowest BCUT2D eigenvalue weighted by molar-refractivity contribution is 0.0391. The number of benzene rings is 1. The Morgan fingerprint density at radius 2 is 1.97 bits per heavy atom. The van der Waals surface area contributed by atoms with Gasteiger partial charge in [-0.3, -0.25) is 9.59 Å². The number of rotatable bonds is 5. The van der Waals surface area contributed by atoms with Crippen molar-refractivity contribution in [1.29, 1.82) is 0 Å². The summed E-state index contributed by atoms with van der Waals surface area (Å²) >= 11 is 1.62. The van der Waals surface area contributed by atoms with E-state index < -0.39 is 0 Å². The largest absolute Gasteiger partial charge is 0.496 e. The van der Waals surface area contributed by atoms with Crippen LogP contribution >= 0.6 is 11.3 Å². The number of amides is 2. The van der Waals surface area contributed by atoms with Gasteiger partial charge in [0.2, 0.25) is 0 Å². The van der Waals surface area contributed by atoms with Gasteiger partial charge in [-0.05, 0) is 42.6 Å². The number of piperazine rings is 1. The molecule has 5 rings (SSSR count). The van der Waals surface area contributed by atoms with Crippen molar-refractivity contribution in [2.45, 2.75) is 19.5 Å². The smallest absolute Gasteiger partial charge is 0.289 e. The predicted molar refractivity (Wildman–Crippen MR) is 127 cm³/mol. The van der Waals surface area contributed by atoms with Crippen molar-refractivity contribution in [3.8, 4) is 5.75 Å². The normalized spacial score (nSPS) is 16.4. The van der Waals surface area contributed by atoms with E-state index in [1.807, 2.05) is 53.6 Å². The van der Waals surface area contributed by atoms with Gasteiger partial charge in [0, 0.05) is 36.6 Å². The Kier molecular flexibility index (Phi) is 5.68. The van der Waals surface area contributed by atoms with E-state index in [2.05, 4.69) is 4.57 Å². The number of nitrogens with zero attached hydrogens (tertiary/aromatic N) is 3. The fourth-order valence-corrected chi connectivity index (χ4v) is 5.36. The fourth-order valence-electron chi connectivity index (χ4n) is 4.46. The van der Waals surface area contributed by atoms with Crippen molar-refractivity contribution in [1.82, 2.24) is 14.4 Å². The molecule has 1 fully saturated rings. The van der Waals surface area contributed by atoms with Crippen LogP contribution in [-0.2, 0) is 6.54 Å². The monoisotopic (exact) mass is 463 g/mol. The molecule has 8 heteroatoms. The second kappa shape index (κ2) is 8.78. The van der Waals surface area contributed by atoms with Gasteiger partial charge in [-0.2, -0.15) is 0 Å². The second-order valence-corrected chi connectivity index (χ2v) is 9.08. The topological polar surface area (TPSA) is 67.9 Å². The number of aromatic nitrogens is 1. The number of para-hydroxylation sites is 1. The van der Waals surface area contributed by atoms with Gasteiger partial charge in [0.25, 0.3) is 11.8 Å². The molecule has 1 atom stereocenters. The van der Waals surface area contributed by atoms with Gasteiger partial charge in [-0.25, -0.2) is 0 Å². The molecule has 0 aliphatic carbocycles. The highest BCUT2D eigenvalue weighted by Crippen LogP contribution is 2.29. The maximum absolute atomic E-state index is 13.6. The van der Waals surface area contributed by atoms with Gasteiger partial charge in [0.15, 0.2) is 5.76 Å². The summed E-state index contributed by atoms with van der Waals surface area (Å²) in [5, 5.41) is 3.09. The van der Waals surface area contributed by atoms with Gasteiger partial charge in [0.1, 0.15) is 16.3 Å². The summed E-state index contributed by atoms with van der Waals surface area (Å²) in [7, 11) is 1.66. The molecule has 4 aromatic rings. The van der Waals surface area contributed by atoms with Crippen molar-refractivity contribution in [3.05, 3.63) is 77.2 Å². The molecule has 0 spiro atoms. The molecule has 0 unspecified atom stereocenters. The molecular formula is C25H25N3O4S. The van der Waals surface area contributed by atoms with E-state index in [4.69, 9.17) is 9.15 Å². The number of carbonyl (C=O) groups excluding carboxylic acids is 2. The number of hydrogen-bond donors (Lipinski definition) is 0. The van der Waals surface area contributed by atoms with E-state index in [0.717, 1.165) is 21.5 Å². The molecule has 0 saturated carbocycles. The van der Waals surface area contributed by atoms with Crippen molar-refractivity contribution in [3.63, 3.8) is 0 Å². The zero-order valence-corrected chi connectivity index (χ0v) is 19.4. The van der Waals surface area contributed by atoms with Crippen LogP contribution < -0.4 is 4.74 Å². The van der Waals surface area contributed by atoms with Crippen molar-refractivity contribution in [2.24, 2.45) is 0 Å². The maximum Gasteiger partial charge on any atom is 0.289 e. The molecule has 2 amide bonds. The first kappa shape index (κ1) is 21.3. The van der Waals surface area contributed by atoms with E-state index in [1.165, 1.54) is 6.26 Å². The Labute approximate surface area is 195 Å². The first-order chi connectivity index (χ1) is 16.1. The molecule has 0 radical (unpaired) electrons.